The van der Waals surface area contributed by atoms with E-state index in [-0.39, 0.29) is 0 Å². The van der Waals surface area contributed by atoms with Crippen molar-refractivity contribution in [3.63, 3.8) is 0 Å². The quantitative estimate of drug-likeness (QED) is 0.835. The van der Waals surface area contributed by atoms with E-state index in [2.05, 4.69) is 27.0 Å². The molecule has 0 unspecified atom stereocenters. The standard InChI is InChI=1S/C13H9BrN2S/c1-9-6-10(8-15)7-13(16-9)17-12-4-2-11(14)3-5-12/h2-7H,1H3. The van der Waals surface area contributed by atoms with Crippen molar-refractivity contribution >= 4 is 27.7 Å². The number of rotatable bonds is 2. The molecule has 0 saturated carbocycles. The third-order valence-electron chi connectivity index (χ3n) is 2.10. The highest BCUT2D eigenvalue weighted by molar-refractivity contribution is 9.10. The van der Waals surface area contributed by atoms with Gasteiger partial charge in [0.15, 0.2) is 0 Å². The topological polar surface area (TPSA) is 36.7 Å². The maximum atomic E-state index is 8.90. The number of halogens is 1. The number of aromatic nitrogens is 1. The molecule has 1 aromatic heterocycles. The average molecular weight is 305 g/mol. The second kappa shape index (κ2) is 5.35. The summed E-state index contributed by atoms with van der Waals surface area (Å²) in [5, 5.41) is 9.75. The van der Waals surface area contributed by atoms with Gasteiger partial charge in [-0.2, -0.15) is 5.26 Å². The summed E-state index contributed by atoms with van der Waals surface area (Å²) in [5.74, 6) is 0. The molecule has 1 heterocycles. The number of aryl methyl sites for hydroxylation is 1. The first kappa shape index (κ1) is 12.2. The number of pyridine rings is 1. The van der Waals surface area contributed by atoms with Gasteiger partial charge in [-0.05, 0) is 43.3 Å². The monoisotopic (exact) mass is 304 g/mol. The number of hydrogen-bond donors (Lipinski definition) is 0. The molecule has 0 amide bonds. The molecule has 2 nitrogen and oxygen atoms in total. The van der Waals surface area contributed by atoms with Gasteiger partial charge in [0, 0.05) is 15.1 Å². The van der Waals surface area contributed by atoms with Crippen molar-refractivity contribution in [3.05, 3.63) is 52.1 Å². The van der Waals surface area contributed by atoms with Crippen LogP contribution in [0.5, 0.6) is 0 Å². The summed E-state index contributed by atoms with van der Waals surface area (Å²) in [6.07, 6.45) is 0. The maximum Gasteiger partial charge on any atom is 0.102 e. The second-order valence-electron chi connectivity index (χ2n) is 3.50. The first-order chi connectivity index (χ1) is 8.17. The predicted octanol–water partition coefficient (Wildman–Crippen LogP) is 4.18. The highest BCUT2D eigenvalue weighted by Gasteiger charge is 2.02. The van der Waals surface area contributed by atoms with E-state index in [4.69, 9.17) is 5.26 Å². The Balaban J connectivity index is 2.27. The molecule has 0 aliphatic heterocycles. The molecule has 2 rings (SSSR count). The summed E-state index contributed by atoms with van der Waals surface area (Å²) in [4.78, 5) is 5.51. The molecular formula is C13H9BrN2S. The Morgan fingerprint density at radius 1 is 1.24 bits per heavy atom. The minimum atomic E-state index is 0.650. The number of nitriles is 1. The van der Waals surface area contributed by atoms with E-state index in [1.54, 1.807) is 23.9 Å². The number of nitrogens with zero attached hydrogens (tertiary/aromatic N) is 2. The van der Waals surface area contributed by atoms with Crippen LogP contribution < -0.4 is 0 Å². The molecule has 1 aromatic carbocycles. The molecule has 0 aliphatic rings. The van der Waals surface area contributed by atoms with Crippen LogP contribution in [0, 0.1) is 18.3 Å². The Morgan fingerprint density at radius 2 is 1.94 bits per heavy atom. The molecule has 0 radical (unpaired) electrons. The van der Waals surface area contributed by atoms with Gasteiger partial charge in [-0.1, -0.05) is 27.7 Å². The van der Waals surface area contributed by atoms with Gasteiger partial charge in [0.2, 0.25) is 0 Å². The van der Waals surface area contributed by atoms with Gasteiger partial charge in [-0.3, -0.25) is 0 Å². The summed E-state index contributed by atoms with van der Waals surface area (Å²) in [6.45, 7) is 1.90. The van der Waals surface area contributed by atoms with E-state index in [0.29, 0.717) is 5.56 Å². The van der Waals surface area contributed by atoms with E-state index < -0.39 is 0 Å². The summed E-state index contributed by atoms with van der Waals surface area (Å²) < 4.78 is 1.05. The Kier molecular flexibility index (Phi) is 3.82. The number of hydrogen-bond acceptors (Lipinski definition) is 3. The molecule has 4 heteroatoms. The highest BCUT2D eigenvalue weighted by atomic mass is 79.9. The zero-order chi connectivity index (χ0) is 12.3. The third kappa shape index (κ3) is 3.32. The zero-order valence-electron chi connectivity index (χ0n) is 9.14. The number of benzene rings is 1. The molecule has 84 valence electrons. The average Bonchev–Trinajstić information content (AvgIpc) is 2.31. The van der Waals surface area contributed by atoms with Crippen LogP contribution in [0.15, 0.2) is 50.8 Å². The zero-order valence-corrected chi connectivity index (χ0v) is 11.5. The molecule has 0 aliphatic carbocycles. The molecule has 0 fully saturated rings. The molecule has 17 heavy (non-hydrogen) atoms. The van der Waals surface area contributed by atoms with Crippen LogP contribution in [0.25, 0.3) is 0 Å². The van der Waals surface area contributed by atoms with Gasteiger partial charge in [0.05, 0.1) is 11.6 Å². The van der Waals surface area contributed by atoms with Crippen molar-refractivity contribution in [3.8, 4) is 6.07 Å². The first-order valence-corrected chi connectivity index (χ1v) is 6.60. The van der Waals surface area contributed by atoms with E-state index in [0.717, 1.165) is 20.1 Å². The summed E-state index contributed by atoms with van der Waals surface area (Å²) in [5.41, 5.74) is 1.51. The van der Waals surface area contributed by atoms with Gasteiger partial charge in [0.1, 0.15) is 5.03 Å². The summed E-state index contributed by atoms with van der Waals surface area (Å²) in [6, 6.07) is 13.7. The molecule has 0 bridgehead atoms. The SMILES string of the molecule is Cc1cc(C#N)cc(Sc2ccc(Br)cc2)n1. The molecule has 2 aromatic rings. The molecule has 0 spiro atoms. The fraction of sp³-hybridized carbons (Fsp3) is 0.0769. The molecule has 0 atom stereocenters. The Morgan fingerprint density at radius 3 is 2.59 bits per heavy atom. The van der Waals surface area contributed by atoms with Gasteiger partial charge in [-0.15, -0.1) is 0 Å². The van der Waals surface area contributed by atoms with Gasteiger partial charge in [-0.25, -0.2) is 4.98 Å². The van der Waals surface area contributed by atoms with Crippen LogP contribution in [0.2, 0.25) is 0 Å². The van der Waals surface area contributed by atoms with E-state index in [1.165, 1.54) is 0 Å². The van der Waals surface area contributed by atoms with Crippen LogP contribution in [0.4, 0.5) is 0 Å². The van der Waals surface area contributed by atoms with E-state index >= 15 is 0 Å². The Bertz CT molecular complexity index is 573. The molecular weight excluding hydrogens is 296 g/mol. The maximum absolute atomic E-state index is 8.90. The lowest BCUT2D eigenvalue weighted by molar-refractivity contribution is 1.06. The predicted molar refractivity (Wildman–Crippen MR) is 72.0 cm³/mol. The van der Waals surface area contributed by atoms with Gasteiger partial charge in [0.25, 0.3) is 0 Å². The van der Waals surface area contributed by atoms with Crippen LogP contribution in [0.1, 0.15) is 11.3 Å². The fourth-order valence-corrected chi connectivity index (χ4v) is 2.53. The fourth-order valence-electron chi connectivity index (χ4n) is 1.38. The van der Waals surface area contributed by atoms with Crippen molar-refractivity contribution in [2.24, 2.45) is 0 Å². The normalized spacial score (nSPS) is 9.94. The molecule has 0 N–H and O–H groups in total. The lowest BCUT2D eigenvalue weighted by atomic mass is 10.2. The lowest BCUT2D eigenvalue weighted by Crippen LogP contribution is -1.87. The van der Waals surface area contributed by atoms with E-state index in [1.807, 2.05) is 31.2 Å². The Labute approximate surface area is 113 Å². The van der Waals surface area contributed by atoms with Crippen LogP contribution >= 0.6 is 27.7 Å². The first-order valence-electron chi connectivity index (χ1n) is 4.99. The van der Waals surface area contributed by atoms with Crippen molar-refractivity contribution in [1.82, 2.24) is 4.98 Å². The third-order valence-corrected chi connectivity index (χ3v) is 3.55. The van der Waals surface area contributed by atoms with Crippen molar-refractivity contribution in [2.45, 2.75) is 16.8 Å². The minimum absolute atomic E-state index is 0.650. The second-order valence-corrected chi connectivity index (χ2v) is 5.51. The van der Waals surface area contributed by atoms with Crippen molar-refractivity contribution in [2.75, 3.05) is 0 Å². The van der Waals surface area contributed by atoms with Crippen LogP contribution in [-0.4, -0.2) is 4.98 Å². The van der Waals surface area contributed by atoms with Gasteiger partial charge >= 0.3 is 0 Å². The molecule has 0 saturated heterocycles. The van der Waals surface area contributed by atoms with E-state index in [9.17, 15) is 0 Å². The Hall–Kier alpha value is -1.31. The largest absolute Gasteiger partial charge is 0.246 e. The minimum Gasteiger partial charge on any atom is -0.246 e. The summed E-state index contributed by atoms with van der Waals surface area (Å²) in [7, 11) is 0. The highest BCUT2D eigenvalue weighted by Crippen LogP contribution is 2.27. The summed E-state index contributed by atoms with van der Waals surface area (Å²) >= 11 is 4.95. The smallest absolute Gasteiger partial charge is 0.102 e. The van der Waals surface area contributed by atoms with Crippen LogP contribution in [0.3, 0.4) is 0 Å². The van der Waals surface area contributed by atoms with Crippen molar-refractivity contribution < 1.29 is 0 Å². The lowest BCUT2D eigenvalue weighted by Gasteiger charge is -2.03. The van der Waals surface area contributed by atoms with Gasteiger partial charge < -0.3 is 0 Å². The van der Waals surface area contributed by atoms with Crippen LogP contribution in [-0.2, 0) is 0 Å². The van der Waals surface area contributed by atoms with Crippen molar-refractivity contribution in [1.29, 1.82) is 5.26 Å².